The normalized spacial score (nSPS) is 16.0. The minimum Gasteiger partial charge on any atom is -0.481 e. The highest BCUT2D eigenvalue weighted by Crippen LogP contribution is 2.14. The number of methoxy groups -OCH3 is 1. The van der Waals surface area contributed by atoms with Crippen LogP contribution in [-0.2, 0) is 4.74 Å². The summed E-state index contributed by atoms with van der Waals surface area (Å²) in [5.41, 5.74) is 0.421. The van der Waals surface area contributed by atoms with Crippen molar-refractivity contribution in [1.29, 1.82) is 0 Å². The van der Waals surface area contributed by atoms with Crippen LogP contribution in [0.4, 0.5) is 0 Å². The molecule has 0 saturated heterocycles. The number of rotatable bonds is 2. The minimum atomic E-state index is -0.209. The lowest BCUT2D eigenvalue weighted by molar-refractivity contribution is 0.295. The van der Waals surface area contributed by atoms with E-state index in [1.54, 1.807) is 6.08 Å². The van der Waals surface area contributed by atoms with Gasteiger partial charge in [0.05, 0.1) is 13.2 Å². The molecule has 3 heteroatoms. The van der Waals surface area contributed by atoms with Crippen LogP contribution in [0.25, 0.3) is 0 Å². The molecule has 0 bridgehead atoms. The SMILES string of the molecule is COC1=CC(CO)=C(O)[C+]=C1. The Hall–Kier alpha value is -1.31. The predicted octanol–water partition coefficient (Wildman–Crippen LogP) is 0.694. The fraction of sp³-hybridized carbons (Fsp3) is 0.250. The van der Waals surface area contributed by atoms with Crippen molar-refractivity contribution in [3.8, 4) is 0 Å². The summed E-state index contributed by atoms with van der Waals surface area (Å²) < 4.78 is 4.86. The van der Waals surface area contributed by atoms with Crippen LogP contribution < -0.4 is 0 Å². The number of aliphatic hydroxyl groups is 2. The van der Waals surface area contributed by atoms with E-state index >= 15 is 0 Å². The Kier molecular flexibility index (Phi) is 2.26. The van der Waals surface area contributed by atoms with Crippen LogP contribution in [0, 0.1) is 6.08 Å². The fourth-order valence-electron chi connectivity index (χ4n) is 0.752. The maximum Gasteiger partial charge on any atom is 0.292 e. The molecular weight excluding hydrogens is 144 g/mol. The largest absolute Gasteiger partial charge is 0.481 e. The van der Waals surface area contributed by atoms with Gasteiger partial charge in [-0.15, -0.1) is 0 Å². The van der Waals surface area contributed by atoms with E-state index in [1.165, 1.54) is 13.2 Å². The second kappa shape index (κ2) is 3.19. The standard InChI is InChI=1S/C8H8O3/c1-11-7-2-3-8(10)6(4-7)5-9/h2,4,9H,5H2,1H3/p+1. The van der Waals surface area contributed by atoms with E-state index in [4.69, 9.17) is 14.9 Å². The van der Waals surface area contributed by atoms with Gasteiger partial charge in [-0.25, -0.2) is 0 Å². The van der Waals surface area contributed by atoms with Gasteiger partial charge >= 0.3 is 0 Å². The highest BCUT2D eigenvalue weighted by molar-refractivity contribution is 5.36. The van der Waals surface area contributed by atoms with Gasteiger partial charge in [-0.05, 0) is 0 Å². The molecule has 1 rings (SSSR count). The molecule has 0 aromatic rings. The molecule has 0 unspecified atom stereocenters. The van der Waals surface area contributed by atoms with E-state index in [9.17, 15) is 0 Å². The summed E-state index contributed by atoms with van der Waals surface area (Å²) in [6, 6.07) is 0. The first kappa shape index (κ1) is 7.79. The zero-order chi connectivity index (χ0) is 8.27. The summed E-state index contributed by atoms with van der Waals surface area (Å²) in [6.07, 6.45) is 5.61. The molecule has 58 valence electrons. The minimum absolute atomic E-state index is 0.0340. The lowest BCUT2D eigenvalue weighted by atomic mass is 10.1. The highest BCUT2D eigenvalue weighted by Gasteiger charge is 2.17. The molecule has 0 aromatic heterocycles. The molecule has 0 amide bonds. The molecule has 0 heterocycles. The van der Waals surface area contributed by atoms with Gasteiger partial charge in [0.15, 0.2) is 6.08 Å². The molecule has 0 atom stereocenters. The van der Waals surface area contributed by atoms with E-state index < -0.39 is 0 Å². The van der Waals surface area contributed by atoms with Crippen LogP contribution in [0.5, 0.6) is 0 Å². The Morgan fingerprint density at radius 1 is 1.64 bits per heavy atom. The van der Waals surface area contributed by atoms with Crippen molar-refractivity contribution in [2.75, 3.05) is 13.7 Å². The van der Waals surface area contributed by atoms with Crippen LogP contribution in [0.1, 0.15) is 0 Å². The summed E-state index contributed by atoms with van der Waals surface area (Å²) in [6.45, 7) is -0.209. The van der Waals surface area contributed by atoms with E-state index in [2.05, 4.69) is 6.08 Å². The fourth-order valence-corrected chi connectivity index (χ4v) is 0.752. The molecule has 0 spiro atoms. The number of hydrogen-bond donors (Lipinski definition) is 2. The van der Waals surface area contributed by atoms with Gasteiger partial charge in [-0.3, -0.25) is 0 Å². The maximum atomic E-state index is 9.06. The molecule has 1 aliphatic carbocycles. The van der Waals surface area contributed by atoms with Crippen LogP contribution in [0.15, 0.2) is 29.2 Å². The molecular formula is C8H9O3+. The summed E-state index contributed by atoms with van der Waals surface area (Å²) >= 11 is 0. The Bertz CT molecular complexity index is 236. The van der Waals surface area contributed by atoms with Gasteiger partial charge in [-0.2, -0.15) is 0 Å². The van der Waals surface area contributed by atoms with Crippen LogP contribution in [-0.4, -0.2) is 23.9 Å². The van der Waals surface area contributed by atoms with Crippen molar-refractivity contribution in [3.05, 3.63) is 35.3 Å². The highest BCUT2D eigenvalue weighted by atomic mass is 16.5. The monoisotopic (exact) mass is 153 g/mol. The maximum absolute atomic E-state index is 9.06. The number of ether oxygens (including phenoxy) is 1. The lowest BCUT2D eigenvalue weighted by Gasteiger charge is -1.97. The van der Waals surface area contributed by atoms with Gasteiger partial charge in [0, 0.05) is 0 Å². The average molecular weight is 153 g/mol. The molecule has 2 N–H and O–H groups in total. The van der Waals surface area contributed by atoms with Crippen molar-refractivity contribution in [2.24, 2.45) is 0 Å². The Labute approximate surface area is 64.9 Å². The molecule has 0 aliphatic heterocycles. The lowest BCUT2D eigenvalue weighted by Crippen LogP contribution is -1.99. The molecule has 0 aromatic carbocycles. The van der Waals surface area contributed by atoms with Gasteiger partial charge in [0.2, 0.25) is 5.76 Å². The van der Waals surface area contributed by atoms with Crippen molar-refractivity contribution < 1.29 is 14.9 Å². The Balaban J connectivity index is 2.90. The topological polar surface area (TPSA) is 49.7 Å². The molecule has 11 heavy (non-hydrogen) atoms. The third-order valence-electron chi connectivity index (χ3n) is 1.38. The molecule has 0 saturated carbocycles. The zero-order valence-corrected chi connectivity index (χ0v) is 6.16. The van der Waals surface area contributed by atoms with Gasteiger partial charge in [-0.1, -0.05) is 0 Å². The smallest absolute Gasteiger partial charge is 0.292 e. The zero-order valence-electron chi connectivity index (χ0n) is 6.16. The van der Waals surface area contributed by atoms with E-state index in [0.717, 1.165) is 0 Å². The van der Waals surface area contributed by atoms with Crippen LogP contribution in [0.2, 0.25) is 0 Å². The third-order valence-corrected chi connectivity index (χ3v) is 1.38. The van der Waals surface area contributed by atoms with Gasteiger partial charge in [0.25, 0.3) is 5.76 Å². The summed E-state index contributed by atoms with van der Waals surface area (Å²) in [5, 5.41) is 17.8. The average Bonchev–Trinajstić information content (AvgIpc) is 2.05. The van der Waals surface area contributed by atoms with Crippen molar-refractivity contribution in [1.82, 2.24) is 0 Å². The van der Waals surface area contributed by atoms with Crippen molar-refractivity contribution in [2.45, 2.75) is 0 Å². The number of aliphatic hydroxyl groups excluding tert-OH is 2. The predicted molar refractivity (Wildman–Crippen MR) is 39.6 cm³/mol. The van der Waals surface area contributed by atoms with Crippen LogP contribution >= 0.6 is 0 Å². The van der Waals surface area contributed by atoms with E-state index in [1.807, 2.05) is 0 Å². The molecule has 1 aliphatic rings. The second-order valence-electron chi connectivity index (χ2n) is 2.07. The van der Waals surface area contributed by atoms with Crippen molar-refractivity contribution >= 4 is 0 Å². The molecule has 0 radical (unpaired) electrons. The molecule has 0 fully saturated rings. The summed E-state index contributed by atoms with van der Waals surface area (Å²) in [4.78, 5) is 0. The second-order valence-corrected chi connectivity index (χ2v) is 2.07. The first-order valence-corrected chi connectivity index (χ1v) is 3.16. The quantitative estimate of drug-likeness (QED) is 0.574. The Morgan fingerprint density at radius 2 is 2.36 bits per heavy atom. The van der Waals surface area contributed by atoms with Gasteiger partial charge < -0.3 is 14.9 Å². The van der Waals surface area contributed by atoms with Crippen LogP contribution in [0.3, 0.4) is 0 Å². The van der Waals surface area contributed by atoms with E-state index in [0.29, 0.717) is 11.3 Å². The number of allylic oxidation sites excluding steroid dienone is 2. The van der Waals surface area contributed by atoms with E-state index in [-0.39, 0.29) is 12.4 Å². The Morgan fingerprint density at radius 3 is 2.91 bits per heavy atom. The van der Waals surface area contributed by atoms with Gasteiger partial charge in [0.1, 0.15) is 18.3 Å². The molecule has 3 nitrogen and oxygen atoms in total. The summed E-state index contributed by atoms with van der Waals surface area (Å²) in [7, 11) is 1.52. The number of hydrogen-bond acceptors (Lipinski definition) is 3. The third kappa shape index (κ3) is 1.58. The van der Waals surface area contributed by atoms with Crippen molar-refractivity contribution in [3.63, 3.8) is 0 Å². The first-order chi connectivity index (χ1) is 5.27. The summed E-state index contributed by atoms with van der Waals surface area (Å²) in [5.74, 6) is 0.542. The first-order valence-electron chi connectivity index (χ1n) is 3.16.